The van der Waals surface area contributed by atoms with Crippen molar-refractivity contribution in [3.8, 4) is 5.69 Å². The summed E-state index contributed by atoms with van der Waals surface area (Å²) in [6.45, 7) is 7.48. The molecule has 1 atom stereocenters. The molecule has 0 radical (unpaired) electrons. The largest absolute Gasteiger partial charge is 0.390 e. The van der Waals surface area contributed by atoms with Crippen molar-refractivity contribution >= 4 is 45.7 Å². The lowest BCUT2D eigenvalue weighted by Gasteiger charge is -2.37. The minimum absolute atomic E-state index is 0.145. The third-order valence-corrected chi connectivity index (χ3v) is 7.76. The maximum atomic E-state index is 13.0. The highest BCUT2D eigenvalue weighted by atomic mass is 35.5. The fourth-order valence-corrected chi connectivity index (χ4v) is 5.42. The highest BCUT2D eigenvalue weighted by Crippen LogP contribution is 2.32. The minimum atomic E-state index is -0.697. The number of anilines is 1. The number of rotatable bonds is 7. The van der Waals surface area contributed by atoms with E-state index in [9.17, 15) is 9.90 Å². The summed E-state index contributed by atoms with van der Waals surface area (Å²) >= 11 is 12.5. The van der Waals surface area contributed by atoms with E-state index < -0.39 is 6.10 Å². The molecule has 1 amide bonds. The molecule has 0 saturated carbocycles. The van der Waals surface area contributed by atoms with Crippen molar-refractivity contribution in [1.29, 1.82) is 0 Å². The number of amides is 1. The van der Waals surface area contributed by atoms with Crippen LogP contribution in [0.25, 0.3) is 16.6 Å². The quantitative estimate of drug-likeness (QED) is 0.356. The highest BCUT2D eigenvalue weighted by molar-refractivity contribution is 6.43. The van der Waals surface area contributed by atoms with Crippen LogP contribution in [-0.2, 0) is 0 Å². The van der Waals surface area contributed by atoms with E-state index in [1.165, 1.54) is 0 Å². The van der Waals surface area contributed by atoms with Crippen LogP contribution in [0.3, 0.4) is 0 Å². The van der Waals surface area contributed by atoms with Crippen LogP contribution in [0.1, 0.15) is 22.0 Å². The first-order chi connectivity index (χ1) is 18.3. The minimum Gasteiger partial charge on any atom is -0.390 e. The fraction of sp³-hybridized carbons (Fsp3) is 0.321. The number of nitrogens with zero attached hydrogens (tertiary/aromatic N) is 5. The Labute approximate surface area is 231 Å². The molecule has 2 aromatic heterocycles. The number of pyridine rings is 1. The average Bonchev–Trinajstić information content (AvgIpc) is 3.22. The molecular formula is C28H30Cl2N6O2. The predicted molar refractivity (Wildman–Crippen MR) is 152 cm³/mol. The first kappa shape index (κ1) is 26.4. The van der Waals surface area contributed by atoms with E-state index in [0.29, 0.717) is 28.1 Å². The van der Waals surface area contributed by atoms with E-state index in [2.05, 4.69) is 25.1 Å². The van der Waals surface area contributed by atoms with Crippen LogP contribution in [0.5, 0.6) is 0 Å². The molecule has 0 aliphatic carbocycles. The van der Waals surface area contributed by atoms with Crippen molar-refractivity contribution in [2.45, 2.75) is 20.0 Å². The lowest BCUT2D eigenvalue weighted by molar-refractivity contribution is 0.0847. The van der Waals surface area contributed by atoms with Gasteiger partial charge in [0.1, 0.15) is 11.5 Å². The summed E-state index contributed by atoms with van der Waals surface area (Å²) in [7, 11) is 0. The number of halogens is 2. The molecule has 3 heterocycles. The Bertz CT molecular complexity index is 1470. The van der Waals surface area contributed by atoms with E-state index in [1.807, 2.05) is 60.9 Å². The number of carbonyl (C=O) groups is 1. The van der Waals surface area contributed by atoms with Crippen LogP contribution in [-0.4, -0.2) is 75.8 Å². The number of hydrogen-bond donors (Lipinski definition) is 2. The summed E-state index contributed by atoms with van der Waals surface area (Å²) in [6.07, 6.45) is 1.07. The lowest BCUT2D eigenvalue weighted by atomic mass is 10.2. The third-order valence-electron chi connectivity index (χ3n) is 6.95. The van der Waals surface area contributed by atoms with Crippen LogP contribution in [0.4, 0.5) is 5.69 Å². The van der Waals surface area contributed by atoms with Gasteiger partial charge in [-0.3, -0.25) is 14.7 Å². The van der Waals surface area contributed by atoms with Gasteiger partial charge in [-0.15, -0.1) is 0 Å². The molecule has 8 nitrogen and oxygen atoms in total. The van der Waals surface area contributed by atoms with Crippen molar-refractivity contribution in [2.75, 3.05) is 44.2 Å². The molecule has 4 aromatic rings. The Kier molecular flexibility index (Phi) is 7.85. The van der Waals surface area contributed by atoms with Gasteiger partial charge in [0.15, 0.2) is 0 Å². The van der Waals surface area contributed by atoms with Crippen molar-refractivity contribution in [3.63, 3.8) is 0 Å². The number of nitrogens with one attached hydrogen (secondary N) is 1. The van der Waals surface area contributed by atoms with Gasteiger partial charge in [-0.2, -0.15) is 0 Å². The third kappa shape index (κ3) is 5.49. The molecule has 2 N–H and O–H groups in total. The highest BCUT2D eigenvalue weighted by Gasteiger charge is 2.23. The topological polar surface area (TPSA) is 86.5 Å². The van der Waals surface area contributed by atoms with Gasteiger partial charge in [0.2, 0.25) is 0 Å². The fourth-order valence-electron chi connectivity index (χ4n) is 5.00. The molecule has 198 valence electrons. The van der Waals surface area contributed by atoms with Gasteiger partial charge in [-0.1, -0.05) is 35.3 Å². The van der Waals surface area contributed by atoms with Crippen LogP contribution in [0.15, 0.2) is 54.7 Å². The van der Waals surface area contributed by atoms with E-state index in [0.717, 1.165) is 54.2 Å². The number of aromatic nitrogens is 3. The molecule has 1 aliphatic heterocycles. The number of aliphatic hydroxyl groups is 1. The Hall–Kier alpha value is -3.17. The second kappa shape index (κ2) is 11.3. The van der Waals surface area contributed by atoms with Gasteiger partial charge < -0.3 is 19.9 Å². The Balaban J connectivity index is 1.16. The second-order valence-electron chi connectivity index (χ2n) is 9.53. The van der Waals surface area contributed by atoms with Crippen molar-refractivity contribution in [2.24, 2.45) is 0 Å². The summed E-state index contributed by atoms with van der Waals surface area (Å²) in [5.41, 5.74) is 3.86. The van der Waals surface area contributed by atoms with E-state index in [4.69, 9.17) is 23.2 Å². The summed E-state index contributed by atoms with van der Waals surface area (Å²) < 4.78 is 1.96. The van der Waals surface area contributed by atoms with Gasteiger partial charge in [-0.05, 0) is 50.2 Å². The normalized spacial score (nSPS) is 15.1. The molecule has 1 unspecified atom stereocenters. The first-order valence-electron chi connectivity index (χ1n) is 12.6. The van der Waals surface area contributed by atoms with Crippen LogP contribution >= 0.6 is 23.2 Å². The summed E-state index contributed by atoms with van der Waals surface area (Å²) in [4.78, 5) is 26.3. The Morgan fingerprint density at radius 3 is 2.66 bits per heavy atom. The number of β-amino-alcohol motifs (C(OH)–C–C–N with tert-alkyl or cyclic N) is 1. The number of fused-ring (bicyclic) bond motifs is 1. The first-order valence-corrected chi connectivity index (χ1v) is 13.4. The number of hydrogen-bond acceptors (Lipinski definition) is 6. The molecule has 2 aromatic carbocycles. The van der Waals surface area contributed by atoms with Crippen LogP contribution in [0.2, 0.25) is 10.0 Å². The number of aryl methyl sites for hydroxylation is 1. The van der Waals surface area contributed by atoms with E-state index >= 15 is 0 Å². The van der Waals surface area contributed by atoms with Crippen molar-refractivity contribution in [3.05, 3.63) is 82.0 Å². The lowest BCUT2D eigenvalue weighted by Crippen LogP contribution is -2.50. The average molecular weight is 553 g/mol. The zero-order chi connectivity index (χ0) is 26.8. The zero-order valence-electron chi connectivity index (χ0n) is 21.4. The summed E-state index contributed by atoms with van der Waals surface area (Å²) in [5, 5.41) is 15.6. The SMILES string of the molecule is Cc1nc(C(=O)NCC(O)CN2CCN(c3cccc(Cl)c3Cl)CC2)c(C)n1-c1ccc2ncccc2c1. The van der Waals surface area contributed by atoms with Gasteiger partial charge >= 0.3 is 0 Å². The standard InChI is InChI=1S/C28H30Cl2N6O2/c1-18-27(33-19(2)36(18)21-8-9-24-20(15-21)5-4-10-31-24)28(38)32-16-22(37)17-34-11-13-35(14-12-34)25-7-3-6-23(29)26(25)30/h3-10,15,22,37H,11-14,16-17H2,1-2H3,(H,32,38). The monoisotopic (exact) mass is 552 g/mol. The number of aliphatic hydroxyl groups excluding tert-OH is 1. The van der Waals surface area contributed by atoms with E-state index in [1.54, 1.807) is 12.3 Å². The van der Waals surface area contributed by atoms with Gasteiger partial charge in [0.25, 0.3) is 5.91 Å². The molecule has 1 aliphatic rings. The Morgan fingerprint density at radius 2 is 1.87 bits per heavy atom. The number of piperazine rings is 1. The van der Waals surface area contributed by atoms with Crippen LogP contribution < -0.4 is 10.2 Å². The van der Waals surface area contributed by atoms with Gasteiger partial charge in [-0.25, -0.2) is 4.98 Å². The number of benzene rings is 2. The number of imidazole rings is 1. The second-order valence-corrected chi connectivity index (χ2v) is 10.3. The molecular weight excluding hydrogens is 523 g/mol. The van der Waals surface area contributed by atoms with Crippen molar-refractivity contribution in [1.82, 2.24) is 24.8 Å². The molecule has 1 fully saturated rings. The van der Waals surface area contributed by atoms with Gasteiger partial charge in [0.05, 0.1) is 33.0 Å². The number of carbonyl (C=O) groups excluding carboxylic acids is 1. The maximum absolute atomic E-state index is 13.0. The molecule has 38 heavy (non-hydrogen) atoms. The van der Waals surface area contributed by atoms with Crippen LogP contribution in [0, 0.1) is 13.8 Å². The molecule has 10 heteroatoms. The maximum Gasteiger partial charge on any atom is 0.271 e. The molecule has 0 bridgehead atoms. The predicted octanol–water partition coefficient (Wildman–Crippen LogP) is 4.26. The van der Waals surface area contributed by atoms with Crippen molar-refractivity contribution < 1.29 is 9.90 Å². The smallest absolute Gasteiger partial charge is 0.271 e. The molecule has 1 saturated heterocycles. The molecule has 5 rings (SSSR count). The van der Waals surface area contributed by atoms with Gasteiger partial charge in [0, 0.05) is 56.5 Å². The zero-order valence-corrected chi connectivity index (χ0v) is 22.9. The molecule has 0 spiro atoms. The van der Waals surface area contributed by atoms with E-state index in [-0.39, 0.29) is 12.5 Å². The summed E-state index contributed by atoms with van der Waals surface area (Å²) in [6, 6.07) is 15.5. The Morgan fingerprint density at radius 1 is 1.08 bits per heavy atom. The summed E-state index contributed by atoms with van der Waals surface area (Å²) in [5.74, 6) is 0.417.